The van der Waals surface area contributed by atoms with E-state index in [0.29, 0.717) is 18.1 Å². The van der Waals surface area contributed by atoms with Gasteiger partial charge >= 0.3 is 0 Å². The highest BCUT2D eigenvalue weighted by Crippen LogP contribution is 2.29. The highest BCUT2D eigenvalue weighted by Gasteiger charge is 2.11. The Bertz CT molecular complexity index is 1060. The van der Waals surface area contributed by atoms with Crippen molar-refractivity contribution in [1.82, 2.24) is 15.0 Å². The number of hydrogen-bond donors (Lipinski definition) is 2. The third-order valence-electron chi connectivity index (χ3n) is 3.84. The Morgan fingerprint density at radius 3 is 2.62 bits per heavy atom. The van der Waals surface area contributed by atoms with Gasteiger partial charge in [-0.3, -0.25) is 0 Å². The lowest BCUT2D eigenvalue weighted by atomic mass is 10.1. The highest BCUT2D eigenvalue weighted by atomic mass is 16.5. The molecule has 3 N–H and O–H groups in total. The van der Waals surface area contributed by atoms with Gasteiger partial charge < -0.3 is 20.5 Å². The van der Waals surface area contributed by atoms with Gasteiger partial charge in [-0.25, -0.2) is 0 Å². The lowest BCUT2D eigenvalue weighted by Crippen LogP contribution is -2.06. The molecule has 3 aromatic rings. The van der Waals surface area contributed by atoms with Crippen LogP contribution >= 0.6 is 0 Å². The maximum Gasteiger partial charge on any atom is 0.232 e. The second kappa shape index (κ2) is 9.19. The van der Waals surface area contributed by atoms with Crippen LogP contribution in [0.1, 0.15) is 18.3 Å². The number of aromatic nitrogens is 3. The van der Waals surface area contributed by atoms with Gasteiger partial charge in [0.15, 0.2) is 17.3 Å². The number of nitrogens with one attached hydrogen (secondary N) is 1. The van der Waals surface area contributed by atoms with Crippen molar-refractivity contribution < 1.29 is 9.47 Å². The second-order valence-electron chi connectivity index (χ2n) is 5.84. The van der Waals surface area contributed by atoms with Crippen molar-refractivity contribution in [1.29, 1.82) is 5.26 Å². The average Bonchev–Trinajstić information content (AvgIpc) is 2.73. The number of hydrogen-bond acceptors (Lipinski definition) is 8. The molecule has 0 atom stereocenters. The molecule has 0 amide bonds. The Morgan fingerprint density at radius 1 is 1.14 bits per heavy atom. The molecule has 1 heterocycles. The first-order chi connectivity index (χ1) is 14.1. The predicted octanol–water partition coefficient (Wildman–Crippen LogP) is 3.67. The van der Waals surface area contributed by atoms with Crippen molar-refractivity contribution in [2.75, 3.05) is 24.8 Å². The normalized spacial score (nSPS) is 10.9. The molecule has 0 aliphatic carbocycles. The number of nitrogens with two attached hydrogens (primary N) is 1. The first kappa shape index (κ1) is 19.6. The van der Waals surface area contributed by atoms with E-state index < -0.39 is 0 Å². The van der Waals surface area contributed by atoms with E-state index in [1.807, 2.05) is 43.3 Å². The number of nitrogens with zero attached hydrogens (tertiary/aromatic N) is 4. The summed E-state index contributed by atoms with van der Waals surface area (Å²) >= 11 is 0. The van der Waals surface area contributed by atoms with Crippen LogP contribution in [-0.4, -0.2) is 28.7 Å². The van der Waals surface area contributed by atoms with Crippen LogP contribution in [0.3, 0.4) is 0 Å². The van der Waals surface area contributed by atoms with Crippen molar-refractivity contribution in [3.05, 3.63) is 59.9 Å². The van der Waals surface area contributed by atoms with Gasteiger partial charge in [-0.1, -0.05) is 24.3 Å². The van der Waals surface area contributed by atoms with Crippen LogP contribution in [0.4, 0.5) is 17.6 Å². The van der Waals surface area contributed by atoms with Crippen molar-refractivity contribution in [2.24, 2.45) is 0 Å². The molecule has 0 spiro atoms. The molecular weight excluding hydrogens is 368 g/mol. The molecular formula is C21H20N6O2. The fourth-order valence-electron chi connectivity index (χ4n) is 2.58. The van der Waals surface area contributed by atoms with Crippen molar-refractivity contribution >= 4 is 29.2 Å². The zero-order valence-electron chi connectivity index (χ0n) is 16.1. The molecule has 0 bridgehead atoms. The van der Waals surface area contributed by atoms with Gasteiger partial charge in [0.2, 0.25) is 11.9 Å². The lowest BCUT2D eigenvalue weighted by Gasteiger charge is -2.10. The molecule has 8 nitrogen and oxygen atoms in total. The number of para-hydroxylation sites is 1. The standard InChI is InChI=1S/C21H20N6O2/c1-3-29-17-10-9-14(12-18(17)28-2)11-15(13-22)19-25-20(23)27-21(26-19)24-16-7-5-4-6-8-16/h4-12H,3H2,1-2H3,(H3,23,24,25,26,27). The summed E-state index contributed by atoms with van der Waals surface area (Å²) < 4.78 is 10.9. The van der Waals surface area contributed by atoms with E-state index in [4.69, 9.17) is 15.2 Å². The monoisotopic (exact) mass is 388 g/mol. The van der Waals surface area contributed by atoms with Gasteiger partial charge in [-0.2, -0.15) is 20.2 Å². The number of nitriles is 1. The number of ether oxygens (including phenoxy) is 2. The van der Waals surface area contributed by atoms with Gasteiger partial charge in [0.05, 0.1) is 19.3 Å². The van der Waals surface area contributed by atoms with Gasteiger partial charge in [0.1, 0.15) is 6.07 Å². The first-order valence-electron chi connectivity index (χ1n) is 8.89. The summed E-state index contributed by atoms with van der Waals surface area (Å²) in [5, 5.41) is 12.7. The predicted molar refractivity (Wildman–Crippen MR) is 112 cm³/mol. The van der Waals surface area contributed by atoms with Crippen LogP contribution in [0, 0.1) is 11.3 Å². The minimum absolute atomic E-state index is 0.0128. The summed E-state index contributed by atoms with van der Waals surface area (Å²) in [4.78, 5) is 12.5. The largest absolute Gasteiger partial charge is 0.493 e. The van der Waals surface area contributed by atoms with Gasteiger partial charge in [-0.15, -0.1) is 0 Å². The van der Waals surface area contributed by atoms with Crippen LogP contribution in [0.5, 0.6) is 11.5 Å². The first-order valence-corrected chi connectivity index (χ1v) is 8.89. The summed E-state index contributed by atoms with van der Waals surface area (Å²) in [5.74, 6) is 1.64. The number of benzene rings is 2. The fraction of sp³-hybridized carbons (Fsp3) is 0.143. The Morgan fingerprint density at radius 2 is 1.93 bits per heavy atom. The summed E-state index contributed by atoms with van der Waals surface area (Å²) in [5.41, 5.74) is 7.59. The zero-order chi connectivity index (χ0) is 20.6. The van der Waals surface area contributed by atoms with Crippen molar-refractivity contribution in [3.8, 4) is 17.6 Å². The van der Waals surface area contributed by atoms with Crippen LogP contribution < -0.4 is 20.5 Å². The molecule has 0 aliphatic rings. The SMILES string of the molecule is CCOc1ccc(C=C(C#N)c2nc(N)nc(Nc3ccccc3)n2)cc1OC. The quantitative estimate of drug-likeness (QED) is 0.589. The smallest absolute Gasteiger partial charge is 0.232 e. The van der Waals surface area contributed by atoms with Crippen molar-refractivity contribution in [3.63, 3.8) is 0 Å². The van der Waals surface area contributed by atoms with E-state index in [9.17, 15) is 5.26 Å². The molecule has 0 aliphatic heterocycles. The molecule has 1 aromatic heterocycles. The molecule has 0 saturated carbocycles. The topological polar surface area (TPSA) is 119 Å². The van der Waals surface area contributed by atoms with Gasteiger partial charge in [0, 0.05) is 5.69 Å². The molecule has 0 radical (unpaired) electrons. The molecule has 0 unspecified atom stereocenters. The number of nitrogen functional groups attached to an aromatic ring is 1. The van der Waals surface area contributed by atoms with Gasteiger partial charge in [-0.05, 0) is 42.8 Å². The molecule has 0 saturated heterocycles. The number of methoxy groups -OCH3 is 1. The van der Waals surface area contributed by atoms with Crippen LogP contribution in [0.2, 0.25) is 0 Å². The summed E-state index contributed by atoms with van der Waals surface area (Å²) in [7, 11) is 1.56. The van der Waals surface area contributed by atoms with E-state index in [0.717, 1.165) is 11.3 Å². The second-order valence-corrected chi connectivity index (χ2v) is 5.84. The minimum Gasteiger partial charge on any atom is -0.493 e. The number of anilines is 3. The minimum atomic E-state index is 0.0128. The average molecular weight is 388 g/mol. The summed E-state index contributed by atoms with van der Waals surface area (Å²) in [6.45, 7) is 2.42. The molecule has 146 valence electrons. The maximum atomic E-state index is 9.64. The third kappa shape index (κ3) is 4.99. The maximum absolute atomic E-state index is 9.64. The van der Waals surface area contributed by atoms with E-state index in [2.05, 4.69) is 26.3 Å². The summed E-state index contributed by atoms with van der Waals surface area (Å²) in [6.07, 6.45) is 1.65. The molecule has 29 heavy (non-hydrogen) atoms. The van der Waals surface area contributed by atoms with E-state index in [1.54, 1.807) is 25.3 Å². The highest BCUT2D eigenvalue weighted by molar-refractivity contribution is 5.87. The van der Waals surface area contributed by atoms with Crippen LogP contribution in [0.25, 0.3) is 11.6 Å². The zero-order valence-corrected chi connectivity index (χ0v) is 16.1. The Labute approximate surface area is 168 Å². The Kier molecular flexibility index (Phi) is 6.22. The summed E-state index contributed by atoms with van der Waals surface area (Å²) in [6, 6.07) is 16.9. The van der Waals surface area contributed by atoms with E-state index >= 15 is 0 Å². The van der Waals surface area contributed by atoms with E-state index in [-0.39, 0.29) is 23.3 Å². The van der Waals surface area contributed by atoms with Crippen molar-refractivity contribution in [2.45, 2.75) is 6.92 Å². The fourth-order valence-corrected chi connectivity index (χ4v) is 2.58. The van der Waals surface area contributed by atoms with E-state index in [1.165, 1.54) is 0 Å². The molecule has 3 rings (SSSR count). The Hall–Kier alpha value is -4.12. The van der Waals surface area contributed by atoms with Gasteiger partial charge in [0.25, 0.3) is 0 Å². The number of allylic oxidation sites excluding steroid dienone is 1. The van der Waals surface area contributed by atoms with Crippen LogP contribution in [0.15, 0.2) is 48.5 Å². The van der Waals surface area contributed by atoms with Crippen LogP contribution in [-0.2, 0) is 0 Å². The lowest BCUT2D eigenvalue weighted by molar-refractivity contribution is 0.311. The number of rotatable bonds is 7. The molecule has 8 heteroatoms. The molecule has 0 fully saturated rings. The Balaban J connectivity index is 1.94. The molecule has 2 aromatic carbocycles. The third-order valence-corrected chi connectivity index (χ3v) is 3.84.